The van der Waals surface area contributed by atoms with Crippen LogP contribution in [0.15, 0.2) is 72.8 Å². The average molecular weight is 346 g/mol. The molecule has 128 valence electrons. The summed E-state index contributed by atoms with van der Waals surface area (Å²) < 4.78 is 18.9. The molecule has 0 bridgehead atoms. The van der Waals surface area contributed by atoms with Crippen molar-refractivity contribution in [2.45, 2.75) is 6.61 Å². The fraction of sp³-hybridized carbons (Fsp3) is 0.0476. The summed E-state index contributed by atoms with van der Waals surface area (Å²) in [4.78, 5) is 11.9. The van der Waals surface area contributed by atoms with Crippen LogP contribution in [0.25, 0.3) is 11.1 Å². The number of anilines is 1. The number of hydrogen-bond donors (Lipinski definition) is 1. The summed E-state index contributed by atoms with van der Waals surface area (Å²) in [5.41, 5.74) is 2.63. The highest BCUT2D eigenvalue weighted by molar-refractivity contribution is 5.85. The topological polar surface area (TPSA) is 62.1 Å². The van der Waals surface area contributed by atoms with E-state index in [1.165, 1.54) is 6.07 Å². The summed E-state index contributed by atoms with van der Waals surface area (Å²) >= 11 is 0. The van der Waals surface area contributed by atoms with E-state index in [-0.39, 0.29) is 12.2 Å². The molecule has 0 aromatic heterocycles. The van der Waals surface area contributed by atoms with E-state index < -0.39 is 11.9 Å². The molecule has 0 aliphatic carbocycles. The van der Waals surface area contributed by atoms with Gasteiger partial charge in [0, 0.05) is 11.3 Å². The summed E-state index contributed by atoms with van der Waals surface area (Å²) in [6.45, 7) is 0.180. The second kappa shape index (κ2) is 7.95. The molecule has 3 aromatic carbocycles. The molecule has 0 saturated carbocycles. The SMILES string of the molecule is N#Cc1c(F)cccc1-c1ccc(NC(=O)OCc2ccccc2)cc1. The van der Waals surface area contributed by atoms with Gasteiger partial charge in [-0.05, 0) is 29.3 Å². The molecule has 0 saturated heterocycles. The van der Waals surface area contributed by atoms with Gasteiger partial charge in [-0.25, -0.2) is 9.18 Å². The second-order valence-corrected chi connectivity index (χ2v) is 5.54. The Labute approximate surface area is 150 Å². The number of halogens is 1. The van der Waals surface area contributed by atoms with E-state index >= 15 is 0 Å². The Kier molecular flexibility index (Phi) is 5.25. The molecule has 1 amide bonds. The van der Waals surface area contributed by atoms with Crippen LogP contribution in [0, 0.1) is 17.1 Å². The second-order valence-electron chi connectivity index (χ2n) is 5.54. The van der Waals surface area contributed by atoms with E-state index in [1.807, 2.05) is 36.4 Å². The van der Waals surface area contributed by atoms with Gasteiger partial charge in [0.05, 0.1) is 5.56 Å². The van der Waals surface area contributed by atoms with Gasteiger partial charge in [-0.2, -0.15) is 5.26 Å². The largest absolute Gasteiger partial charge is 0.444 e. The summed E-state index contributed by atoms with van der Waals surface area (Å²) in [7, 11) is 0. The fourth-order valence-corrected chi connectivity index (χ4v) is 2.49. The van der Waals surface area contributed by atoms with Gasteiger partial charge in [0.2, 0.25) is 0 Å². The Bertz CT molecular complexity index is 948. The third-order valence-corrected chi connectivity index (χ3v) is 3.78. The number of ether oxygens (including phenoxy) is 1. The molecule has 4 nitrogen and oxygen atoms in total. The lowest BCUT2D eigenvalue weighted by atomic mass is 10.00. The van der Waals surface area contributed by atoms with Crippen LogP contribution in [0.1, 0.15) is 11.1 Å². The minimum Gasteiger partial charge on any atom is -0.444 e. The molecule has 3 aromatic rings. The maximum atomic E-state index is 13.7. The third-order valence-electron chi connectivity index (χ3n) is 3.78. The zero-order valence-electron chi connectivity index (χ0n) is 13.8. The van der Waals surface area contributed by atoms with Crippen molar-refractivity contribution in [1.29, 1.82) is 5.26 Å². The molecule has 0 unspecified atom stereocenters. The van der Waals surface area contributed by atoms with Crippen LogP contribution in [0.3, 0.4) is 0 Å². The van der Waals surface area contributed by atoms with Crippen LogP contribution in [0.4, 0.5) is 14.9 Å². The zero-order chi connectivity index (χ0) is 18.4. The van der Waals surface area contributed by atoms with E-state index in [2.05, 4.69) is 5.32 Å². The molecule has 0 atom stereocenters. The van der Waals surface area contributed by atoms with Gasteiger partial charge in [-0.1, -0.05) is 54.6 Å². The number of nitriles is 1. The lowest BCUT2D eigenvalue weighted by Crippen LogP contribution is -2.13. The first kappa shape index (κ1) is 17.2. The van der Waals surface area contributed by atoms with Crippen LogP contribution in [-0.4, -0.2) is 6.09 Å². The van der Waals surface area contributed by atoms with E-state index in [9.17, 15) is 9.18 Å². The number of carbonyl (C=O) groups excluding carboxylic acids is 1. The van der Waals surface area contributed by atoms with Crippen LogP contribution in [-0.2, 0) is 11.3 Å². The lowest BCUT2D eigenvalue weighted by molar-refractivity contribution is 0.155. The number of hydrogen-bond acceptors (Lipinski definition) is 3. The Hall–Kier alpha value is -3.65. The molecule has 0 spiro atoms. The predicted octanol–water partition coefficient (Wildman–Crippen LogP) is 5.11. The van der Waals surface area contributed by atoms with Gasteiger partial charge in [-0.15, -0.1) is 0 Å². The normalized spacial score (nSPS) is 10.0. The standard InChI is InChI=1S/C21H15FN2O2/c22-20-8-4-7-18(19(20)13-23)16-9-11-17(12-10-16)24-21(25)26-14-15-5-2-1-3-6-15/h1-12H,14H2,(H,24,25). The van der Waals surface area contributed by atoms with Gasteiger partial charge in [0.25, 0.3) is 0 Å². The third kappa shape index (κ3) is 4.05. The fourth-order valence-electron chi connectivity index (χ4n) is 2.49. The molecule has 0 fully saturated rings. The molecule has 3 rings (SSSR count). The molecule has 0 aliphatic heterocycles. The highest BCUT2D eigenvalue weighted by Crippen LogP contribution is 2.26. The number of nitrogens with one attached hydrogen (secondary N) is 1. The molecular weight excluding hydrogens is 331 g/mol. The molecule has 0 radical (unpaired) electrons. The molecule has 5 heteroatoms. The Morgan fingerprint density at radius 3 is 2.42 bits per heavy atom. The number of carbonyl (C=O) groups is 1. The van der Waals surface area contributed by atoms with Crippen LogP contribution >= 0.6 is 0 Å². The molecule has 0 heterocycles. The number of nitrogens with zero attached hydrogens (tertiary/aromatic N) is 1. The van der Waals surface area contributed by atoms with Crippen molar-refractivity contribution < 1.29 is 13.9 Å². The van der Waals surface area contributed by atoms with Crippen molar-refractivity contribution in [3.63, 3.8) is 0 Å². The van der Waals surface area contributed by atoms with Crippen molar-refractivity contribution in [2.24, 2.45) is 0 Å². The van der Waals surface area contributed by atoms with Gasteiger partial charge < -0.3 is 4.74 Å². The number of amides is 1. The molecular formula is C21H15FN2O2. The Balaban J connectivity index is 1.66. The zero-order valence-corrected chi connectivity index (χ0v) is 13.8. The van der Waals surface area contributed by atoms with Crippen molar-refractivity contribution in [3.8, 4) is 17.2 Å². The first-order valence-electron chi connectivity index (χ1n) is 7.94. The number of rotatable bonds is 4. The van der Waals surface area contributed by atoms with Gasteiger partial charge in [0.1, 0.15) is 18.5 Å². The monoisotopic (exact) mass is 346 g/mol. The van der Waals surface area contributed by atoms with Crippen molar-refractivity contribution in [1.82, 2.24) is 0 Å². The highest BCUT2D eigenvalue weighted by atomic mass is 19.1. The van der Waals surface area contributed by atoms with E-state index in [1.54, 1.807) is 36.4 Å². The van der Waals surface area contributed by atoms with Crippen molar-refractivity contribution >= 4 is 11.8 Å². The van der Waals surface area contributed by atoms with Crippen LogP contribution < -0.4 is 5.32 Å². The van der Waals surface area contributed by atoms with Gasteiger partial charge >= 0.3 is 6.09 Å². The quantitative estimate of drug-likeness (QED) is 0.714. The summed E-state index contributed by atoms with van der Waals surface area (Å²) in [6, 6.07) is 22.5. The molecule has 1 N–H and O–H groups in total. The summed E-state index contributed by atoms with van der Waals surface area (Å²) in [5, 5.41) is 11.8. The van der Waals surface area contributed by atoms with Gasteiger partial charge in [0.15, 0.2) is 0 Å². The minimum atomic E-state index is -0.565. The lowest BCUT2D eigenvalue weighted by Gasteiger charge is -2.09. The molecule has 26 heavy (non-hydrogen) atoms. The van der Waals surface area contributed by atoms with E-state index in [0.29, 0.717) is 16.8 Å². The maximum Gasteiger partial charge on any atom is 0.411 e. The van der Waals surface area contributed by atoms with E-state index in [0.717, 1.165) is 5.56 Å². The Morgan fingerprint density at radius 2 is 1.73 bits per heavy atom. The summed E-state index contributed by atoms with van der Waals surface area (Å²) in [6.07, 6.45) is -0.565. The molecule has 0 aliphatic rings. The van der Waals surface area contributed by atoms with Crippen molar-refractivity contribution in [2.75, 3.05) is 5.32 Å². The predicted molar refractivity (Wildman–Crippen MR) is 96.8 cm³/mol. The summed E-state index contributed by atoms with van der Waals surface area (Å²) in [5.74, 6) is -0.559. The van der Waals surface area contributed by atoms with Crippen LogP contribution in [0.5, 0.6) is 0 Å². The Morgan fingerprint density at radius 1 is 1.00 bits per heavy atom. The highest BCUT2D eigenvalue weighted by Gasteiger charge is 2.10. The number of benzene rings is 3. The van der Waals surface area contributed by atoms with Gasteiger partial charge in [-0.3, -0.25) is 5.32 Å². The maximum absolute atomic E-state index is 13.7. The van der Waals surface area contributed by atoms with Crippen LogP contribution in [0.2, 0.25) is 0 Å². The smallest absolute Gasteiger partial charge is 0.411 e. The first-order valence-corrected chi connectivity index (χ1v) is 7.94. The average Bonchev–Trinajstić information content (AvgIpc) is 2.67. The van der Waals surface area contributed by atoms with E-state index in [4.69, 9.17) is 10.00 Å². The van der Waals surface area contributed by atoms with Crippen molar-refractivity contribution in [3.05, 3.63) is 89.7 Å². The first-order chi connectivity index (χ1) is 12.7. The minimum absolute atomic E-state index is 0.00419.